The lowest BCUT2D eigenvalue weighted by Crippen LogP contribution is -2.33. The normalized spacial score (nSPS) is 17.4. The molecular weight excluding hydrogens is 413 g/mol. The van der Waals surface area contributed by atoms with Crippen LogP contribution in [0.25, 0.3) is 22.6 Å². The summed E-state index contributed by atoms with van der Waals surface area (Å²) in [5.74, 6) is 0.216. The summed E-state index contributed by atoms with van der Waals surface area (Å²) in [5, 5.41) is 6.97. The molecule has 32 heavy (non-hydrogen) atoms. The summed E-state index contributed by atoms with van der Waals surface area (Å²) in [6.07, 6.45) is 1.74. The van der Waals surface area contributed by atoms with Crippen molar-refractivity contribution in [3.05, 3.63) is 59.4 Å². The first-order chi connectivity index (χ1) is 15.5. The van der Waals surface area contributed by atoms with E-state index >= 15 is 0 Å². The molecule has 8 heteroatoms. The third-order valence-corrected chi connectivity index (χ3v) is 5.88. The standard InChI is InChI=1S/C24H22FN3O4/c1-14(29)26-12-19-13-28(24(30)31-19)18-10-7-15-3-2-4-20-22(16-5-8-17(25)9-6-16)27-32-23(20)21(15)11-18/h5-11,19H,2-4,12-13H2,1H3,(H,26,29). The van der Waals surface area contributed by atoms with Gasteiger partial charge < -0.3 is 14.6 Å². The number of ether oxygens (including phenoxy) is 1. The Morgan fingerprint density at radius 1 is 1.22 bits per heavy atom. The number of carbonyl (C=O) groups is 2. The quantitative estimate of drug-likeness (QED) is 0.667. The topological polar surface area (TPSA) is 84.7 Å². The number of hydrogen-bond acceptors (Lipinski definition) is 5. The third kappa shape index (κ3) is 3.72. The highest BCUT2D eigenvalue weighted by Gasteiger charge is 2.33. The number of hydrogen-bond donors (Lipinski definition) is 1. The molecule has 1 saturated heterocycles. The average Bonchev–Trinajstić information content (AvgIpc) is 3.31. The SMILES string of the molecule is CC(=O)NCC1CN(c2ccc3c(c2)-c2onc(-c4ccc(F)cc4)c2CCC3)C(=O)O1. The van der Waals surface area contributed by atoms with Crippen molar-refractivity contribution in [2.45, 2.75) is 32.3 Å². The van der Waals surface area contributed by atoms with Crippen molar-refractivity contribution in [2.75, 3.05) is 18.0 Å². The first kappa shape index (κ1) is 20.2. The van der Waals surface area contributed by atoms with Crippen LogP contribution in [-0.2, 0) is 22.4 Å². The maximum atomic E-state index is 13.4. The number of rotatable bonds is 4. The molecule has 1 fully saturated rings. The number of nitrogens with zero attached hydrogens (tertiary/aromatic N) is 2. The van der Waals surface area contributed by atoms with Gasteiger partial charge in [-0.1, -0.05) is 11.2 Å². The van der Waals surface area contributed by atoms with E-state index in [1.807, 2.05) is 18.2 Å². The number of aryl methyl sites for hydroxylation is 1. The molecule has 2 aromatic carbocycles. The van der Waals surface area contributed by atoms with Gasteiger partial charge in [-0.05, 0) is 61.2 Å². The number of anilines is 1. The molecular formula is C24H22FN3O4. The number of halogens is 1. The molecule has 0 spiro atoms. The molecule has 3 aromatic rings. The highest BCUT2D eigenvalue weighted by Crippen LogP contribution is 2.40. The van der Waals surface area contributed by atoms with Gasteiger partial charge in [-0.3, -0.25) is 9.69 Å². The second kappa shape index (κ2) is 8.11. The Labute approximate surface area is 184 Å². The summed E-state index contributed by atoms with van der Waals surface area (Å²) in [4.78, 5) is 25.2. The smallest absolute Gasteiger partial charge is 0.414 e. The molecule has 2 amide bonds. The Morgan fingerprint density at radius 2 is 2.03 bits per heavy atom. The van der Waals surface area contributed by atoms with Crippen molar-refractivity contribution < 1.29 is 23.2 Å². The molecule has 1 aliphatic carbocycles. The van der Waals surface area contributed by atoms with E-state index in [1.165, 1.54) is 19.1 Å². The van der Waals surface area contributed by atoms with Crippen LogP contribution in [0.2, 0.25) is 0 Å². The van der Waals surface area contributed by atoms with Gasteiger partial charge in [0, 0.05) is 29.3 Å². The molecule has 1 atom stereocenters. The van der Waals surface area contributed by atoms with Gasteiger partial charge in [0.15, 0.2) is 5.76 Å². The van der Waals surface area contributed by atoms with Crippen molar-refractivity contribution in [3.63, 3.8) is 0 Å². The second-order valence-electron chi connectivity index (χ2n) is 8.09. The summed E-state index contributed by atoms with van der Waals surface area (Å²) >= 11 is 0. The van der Waals surface area contributed by atoms with E-state index in [9.17, 15) is 14.0 Å². The molecule has 0 saturated carbocycles. The van der Waals surface area contributed by atoms with Crippen molar-refractivity contribution in [2.24, 2.45) is 0 Å². The van der Waals surface area contributed by atoms with Gasteiger partial charge in [-0.2, -0.15) is 0 Å². The predicted octanol–water partition coefficient (Wildman–Crippen LogP) is 4.10. The van der Waals surface area contributed by atoms with E-state index < -0.39 is 12.2 Å². The van der Waals surface area contributed by atoms with Crippen molar-refractivity contribution in [1.82, 2.24) is 10.5 Å². The van der Waals surface area contributed by atoms with E-state index in [2.05, 4.69) is 10.5 Å². The van der Waals surface area contributed by atoms with Gasteiger partial charge >= 0.3 is 6.09 Å². The third-order valence-electron chi connectivity index (χ3n) is 5.88. The Kier molecular flexibility index (Phi) is 5.13. The molecule has 1 aromatic heterocycles. The van der Waals surface area contributed by atoms with Gasteiger partial charge in [0.25, 0.3) is 0 Å². The number of carbonyl (C=O) groups excluding carboxylic acids is 2. The number of fused-ring (bicyclic) bond motifs is 3. The molecule has 164 valence electrons. The summed E-state index contributed by atoms with van der Waals surface area (Å²) < 4.78 is 24.5. The minimum atomic E-state index is -0.446. The molecule has 0 bridgehead atoms. The lowest BCUT2D eigenvalue weighted by Gasteiger charge is -2.15. The van der Waals surface area contributed by atoms with Crippen LogP contribution < -0.4 is 10.2 Å². The molecule has 1 aliphatic heterocycles. The fraction of sp³-hybridized carbons (Fsp3) is 0.292. The molecule has 7 nitrogen and oxygen atoms in total. The fourth-order valence-electron chi connectivity index (χ4n) is 4.30. The van der Waals surface area contributed by atoms with E-state index in [-0.39, 0.29) is 18.3 Å². The minimum absolute atomic E-state index is 0.167. The zero-order chi connectivity index (χ0) is 22.2. The molecule has 0 radical (unpaired) electrons. The summed E-state index contributed by atoms with van der Waals surface area (Å²) in [6.45, 7) is 2.05. The van der Waals surface area contributed by atoms with Gasteiger partial charge in [0.05, 0.1) is 13.1 Å². The number of nitrogens with one attached hydrogen (secondary N) is 1. The van der Waals surface area contributed by atoms with Crippen LogP contribution in [-0.4, -0.2) is 36.4 Å². The van der Waals surface area contributed by atoms with E-state index in [0.29, 0.717) is 23.7 Å². The number of amides is 2. The maximum absolute atomic E-state index is 13.4. The molecule has 1 N–H and O–H groups in total. The number of benzene rings is 2. The van der Waals surface area contributed by atoms with Crippen molar-refractivity contribution in [3.8, 4) is 22.6 Å². The molecule has 2 aliphatic rings. The largest absolute Gasteiger partial charge is 0.442 e. The van der Waals surface area contributed by atoms with Crippen LogP contribution in [0.15, 0.2) is 47.0 Å². The first-order valence-electron chi connectivity index (χ1n) is 10.6. The van der Waals surface area contributed by atoms with Crippen molar-refractivity contribution >= 4 is 17.7 Å². The van der Waals surface area contributed by atoms with E-state index in [1.54, 1.807) is 17.0 Å². The zero-order valence-corrected chi connectivity index (χ0v) is 17.6. The summed E-state index contributed by atoms with van der Waals surface area (Å²) in [7, 11) is 0. The van der Waals surface area contributed by atoms with Crippen LogP contribution in [0, 0.1) is 5.82 Å². The fourth-order valence-corrected chi connectivity index (χ4v) is 4.30. The van der Waals surface area contributed by atoms with Gasteiger partial charge in [0.1, 0.15) is 17.6 Å². The Morgan fingerprint density at radius 3 is 2.81 bits per heavy atom. The van der Waals surface area contributed by atoms with Crippen LogP contribution in [0.1, 0.15) is 24.5 Å². The number of cyclic esters (lactones) is 1. The minimum Gasteiger partial charge on any atom is -0.442 e. The van der Waals surface area contributed by atoms with Crippen LogP contribution in [0.5, 0.6) is 0 Å². The van der Waals surface area contributed by atoms with Gasteiger partial charge in [-0.15, -0.1) is 0 Å². The number of aromatic nitrogens is 1. The molecule has 5 rings (SSSR count). The monoisotopic (exact) mass is 435 g/mol. The summed E-state index contributed by atoms with van der Waals surface area (Å²) in [5.41, 5.74) is 5.23. The average molecular weight is 435 g/mol. The molecule has 2 heterocycles. The lowest BCUT2D eigenvalue weighted by molar-refractivity contribution is -0.119. The first-order valence-corrected chi connectivity index (χ1v) is 10.6. The maximum Gasteiger partial charge on any atom is 0.414 e. The Hall–Kier alpha value is -3.68. The van der Waals surface area contributed by atoms with Crippen LogP contribution >= 0.6 is 0 Å². The predicted molar refractivity (Wildman–Crippen MR) is 116 cm³/mol. The summed E-state index contributed by atoms with van der Waals surface area (Å²) in [6, 6.07) is 12.1. The van der Waals surface area contributed by atoms with Gasteiger partial charge in [0.2, 0.25) is 5.91 Å². The van der Waals surface area contributed by atoms with E-state index in [0.717, 1.165) is 41.5 Å². The highest BCUT2D eigenvalue weighted by atomic mass is 19.1. The highest BCUT2D eigenvalue weighted by molar-refractivity contribution is 5.91. The van der Waals surface area contributed by atoms with Crippen molar-refractivity contribution in [1.29, 1.82) is 0 Å². The Balaban J connectivity index is 1.48. The van der Waals surface area contributed by atoms with Gasteiger partial charge in [-0.25, -0.2) is 9.18 Å². The lowest BCUT2D eigenvalue weighted by atomic mass is 9.99. The van der Waals surface area contributed by atoms with Crippen LogP contribution in [0.3, 0.4) is 0 Å². The zero-order valence-electron chi connectivity index (χ0n) is 17.6. The Bertz CT molecular complexity index is 1190. The van der Waals surface area contributed by atoms with E-state index in [4.69, 9.17) is 9.26 Å². The van der Waals surface area contributed by atoms with Crippen LogP contribution in [0.4, 0.5) is 14.9 Å². The second-order valence-corrected chi connectivity index (χ2v) is 8.09. The molecule has 1 unspecified atom stereocenters.